The smallest absolute Gasteiger partial charge is 0.159 e. The molecule has 1 aromatic rings. The lowest BCUT2D eigenvalue weighted by molar-refractivity contribution is 0.101. The van der Waals surface area contributed by atoms with Crippen LogP contribution < -0.4 is 4.74 Å². The number of carbonyl (C=O) groups excluding carboxylic acids is 1. The van der Waals surface area contributed by atoms with Crippen LogP contribution in [0.3, 0.4) is 0 Å². The average molecular weight is 276 g/mol. The number of hydrogen-bond donors (Lipinski definition) is 0. The van der Waals surface area contributed by atoms with Crippen LogP contribution in [0.2, 0.25) is 0 Å². The zero-order valence-corrected chi connectivity index (χ0v) is 12.5. The van der Waals surface area contributed by atoms with Crippen molar-refractivity contribution in [2.75, 3.05) is 46.4 Å². The van der Waals surface area contributed by atoms with Gasteiger partial charge in [-0.2, -0.15) is 0 Å². The van der Waals surface area contributed by atoms with E-state index in [1.165, 1.54) is 0 Å². The Balaban J connectivity index is 1.64. The van der Waals surface area contributed by atoms with Crippen molar-refractivity contribution in [3.05, 3.63) is 29.8 Å². The van der Waals surface area contributed by atoms with E-state index in [-0.39, 0.29) is 5.78 Å². The first-order valence-electron chi connectivity index (χ1n) is 7.30. The van der Waals surface area contributed by atoms with E-state index in [2.05, 4.69) is 16.8 Å². The van der Waals surface area contributed by atoms with E-state index in [0.717, 1.165) is 57.1 Å². The van der Waals surface area contributed by atoms with E-state index >= 15 is 0 Å². The molecule has 1 aliphatic heterocycles. The minimum Gasteiger partial charge on any atom is -0.494 e. The van der Waals surface area contributed by atoms with Crippen LogP contribution in [-0.4, -0.2) is 62.0 Å². The highest BCUT2D eigenvalue weighted by Gasteiger charge is 2.12. The summed E-state index contributed by atoms with van der Waals surface area (Å²) >= 11 is 0. The second-order valence-electron chi connectivity index (χ2n) is 5.43. The number of hydrogen-bond acceptors (Lipinski definition) is 4. The maximum Gasteiger partial charge on any atom is 0.159 e. The van der Waals surface area contributed by atoms with Crippen molar-refractivity contribution in [2.45, 2.75) is 13.3 Å². The Morgan fingerprint density at radius 2 is 1.80 bits per heavy atom. The normalized spacial score (nSPS) is 17.1. The van der Waals surface area contributed by atoms with Gasteiger partial charge in [-0.05, 0) is 44.7 Å². The molecule has 2 rings (SSSR count). The van der Waals surface area contributed by atoms with Gasteiger partial charge in [0.2, 0.25) is 0 Å². The van der Waals surface area contributed by atoms with Gasteiger partial charge in [0, 0.05) is 38.3 Å². The number of likely N-dealkylation sites (N-methyl/N-ethyl adjacent to an activating group) is 1. The number of rotatable bonds is 6. The molecule has 0 radical (unpaired) electrons. The van der Waals surface area contributed by atoms with E-state index in [0.29, 0.717) is 0 Å². The van der Waals surface area contributed by atoms with Crippen molar-refractivity contribution < 1.29 is 9.53 Å². The average Bonchev–Trinajstić information content (AvgIpc) is 2.46. The lowest BCUT2D eigenvalue weighted by atomic mass is 10.1. The summed E-state index contributed by atoms with van der Waals surface area (Å²) in [7, 11) is 2.17. The first-order chi connectivity index (χ1) is 9.65. The number of ether oxygens (including phenoxy) is 1. The molecule has 0 spiro atoms. The highest BCUT2D eigenvalue weighted by molar-refractivity contribution is 5.94. The molecule has 0 atom stereocenters. The summed E-state index contributed by atoms with van der Waals surface area (Å²) < 4.78 is 5.70. The third kappa shape index (κ3) is 4.62. The van der Waals surface area contributed by atoms with Crippen molar-refractivity contribution in [3.8, 4) is 5.75 Å². The summed E-state index contributed by atoms with van der Waals surface area (Å²) in [4.78, 5) is 16.0. The maximum absolute atomic E-state index is 11.2. The van der Waals surface area contributed by atoms with Gasteiger partial charge in [-0.25, -0.2) is 0 Å². The van der Waals surface area contributed by atoms with E-state index < -0.39 is 0 Å². The van der Waals surface area contributed by atoms with E-state index in [1.54, 1.807) is 6.92 Å². The molecule has 1 aromatic carbocycles. The summed E-state index contributed by atoms with van der Waals surface area (Å²) in [5, 5.41) is 0. The van der Waals surface area contributed by atoms with Crippen LogP contribution in [0.15, 0.2) is 24.3 Å². The number of Topliss-reactive ketones (excluding diaryl/α,β-unsaturated/α-hetero) is 1. The van der Waals surface area contributed by atoms with Crippen LogP contribution in [0.25, 0.3) is 0 Å². The molecule has 0 aliphatic carbocycles. The largest absolute Gasteiger partial charge is 0.494 e. The highest BCUT2D eigenvalue weighted by atomic mass is 16.5. The Labute approximate surface area is 121 Å². The molecule has 0 aromatic heterocycles. The molecule has 0 amide bonds. The zero-order valence-electron chi connectivity index (χ0n) is 12.5. The SMILES string of the molecule is CC(=O)c1ccc(OCCCN2CCN(C)CC2)cc1. The summed E-state index contributed by atoms with van der Waals surface area (Å²) in [6, 6.07) is 7.37. The maximum atomic E-state index is 11.2. The zero-order chi connectivity index (χ0) is 14.4. The molecule has 4 nitrogen and oxygen atoms in total. The van der Waals surface area contributed by atoms with Crippen molar-refractivity contribution in [1.82, 2.24) is 9.80 Å². The molecule has 0 saturated carbocycles. The van der Waals surface area contributed by atoms with Gasteiger partial charge >= 0.3 is 0 Å². The van der Waals surface area contributed by atoms with Crippen LogP contribution in [0.1, 0.15) is 23.7 Å². The van der Waals surface area contributed by atoms with Gasteiger partial charge in [0.15, 0.2) is 5.78 Å². The van der Waals surface area contributed by atoms with Crippen molar-refractivity contribution >= 4 is 5.78 Å². The highest BCUT2D eigenvalue weighted by Crippen LogP contribution is 2.13. The topological polar surface area (TPSA) is 32.8 Å². The van der Waals surface area contributed by atoms with Gasteiger partial charge in [0.25, 0.3) is 0 Å². The van der Waals surface area contributed by atoms with Gasteiger partial charge in [-0.15, -0.1) is 0 Å². The van der Waals surface area contributed by atoms with Crippen molar-refractivity contribution in [1.29, 1.82) is 0 Å². The molecule has 20 heavy (non-hydrogen) atoms. The summed E-state index contributed by atoms with van der Waals surface area (Å²) in [5.41, 5.74) is 0.731. The molecule has 1 heterocycles. The molecular formula is C16H24N2O2. The number of nitrogens with zero attached hydrogens (tertiary/aromatic N) is 2. The first kappa shape index (κ1) is 15.0. The van der Waals surface area contributed by atoms with Crippen LogP contribution in [0, 0.1) is 0 Å². The second kappa shape index (κ2) is 7.41. The predicted octanol–water partition coefficient (Wildman–Crippen LogP) is 1.91. The second-order valence-corrected chi connectivity index (χ2v) is 5.43. The third-order valence-corrected chi connectivity index (χ3v) is 3.74. The van der Waals surface area contributed by atoms with Gasteiger partial charge in [-0.3, -0.25) is 4.79 Å². The Bertz CT molecular complexity index is 423. The van der Waals surface area contributed by atoms with Gasteiger partial charge in [-0.1, -0.05) is 0 Å². The summed E-state index contributed by atoms with van der Waals surface area (Å²) in [6.45, 7) is 8.03. The number of piperazine rings is 1. The van der Waals surface area contributed by atoms with Crippen LogP contribution in [0.5, 0.6) is 5.75 Å². The fourth-order valence-electron chi connectivity index (χ4n) is 2.34. The molecule has 4 heteroatoms. The van der Waals surface area contributed by atoms with Crippen LogP contribution in [0.4, 0.5) is 0 Å². The predicted molar refractivity (Wildman–Crippen MR) is 80.5 cm³/mol. The lowest BCUT2D eigenvalue weighted by Crippen LogP contribution is -2.44. The standard InChI is InChI=1S/C16H24N2O2/c1-14(19)15-4-6-16(7-5-15)20-13-3-8-18-11-9-17(2)10-12-18/h4-7H,3,8-13H2,1-2H3. The molecule has 0 N–H and O–H groups in total. The van der Waals surface area contributed by atoms with Crippen LogP contribution in [-0.2, 0) is 0 Å². The van der Waals surface area contributed by atoms with Crippen molar-refractivity contribution in [2.24, 2.45) is 0 Å². The quantitative estimate of drug-likeness (QED) is 0.587. The fourth-order valence-corrected chi connectivity index (χ4v) is 2.34. The molecular weight excluding hydrogens is 252 g/mol. The molecule has 1 saturated heterocycles. The Hall–Kier alpha value is -1.39. The summed E-state index contributed by atoms with van der Waals surface area (Å²) in [5.74, 6) is 0.931. The summed E-state index contributed by atoms with van der Waals surface area (Å²) in [6.07, 6.45) is 1.04. The van der Waals surface area contributed by atoms with Gasteiger partial charge in [0.1, 0.15) is 5.75 Å². The lowest BCUT2D eigenvalue weighted by Gasteiger charge is -2.32. The number of carbonyl (C=O) groups is 1. The monoisotopic (exact) mass is 276 g/mol. The van der Waals surface area contributed by atoms with Crippen molar-refractivity contribution in [3.63, 3.8) is 0 Å². The number of benzene rings is 1. The molecule has 1 aliphatic rings. The fraction of sp³-hybridized carbons (Fsp3) is 0.562. The Kier molecular flexibility index (Phi) is 5.56. The van der Waals surface area contributed by atoms with E-state index in [9.17, 15) is 4.79 Å². The molecule has 110 valence electrons. The first-order valence-corrected chi connectivity index (χ1v) is 7.30. The molecule has 0 unspecified atom stereocenters. The van der Waals surface area contributed by atoms with Crippen LogP contribution >= 0.6 is 0 Å². The van der Waals surface area contributed by atoms with E-state index in [1.807, 2.05) is 24.3 Å². The Morgan fingerprint density at radius 1 is 1.15 bits per heavy atom. The number of ketones is 1. The molecule has 0 bridgehead atoms. The third-order valence-electron chi connectivity index (χ3n) is 3.74. The molecule has 1 fully saturated rings. The minimum atomic E-state index is 0.0895. The van der Waals surface area contributed by atoms with Gasteiger partial charge < -0.3 is 14.5 Å². The minimum absolute atomic E-state index is 0.0895. The van der Waals surface area contributed by atoms with E-state index in [4.69, 9.17) is 4.74 Å². The Morgan fingerprint density at radius 3 is 2.40 bits per heavy atom. The van der Waals surface area contributed by atoms with Gasteiger partial charge in [0.05, 0.1) is 6.61 Å².